The largest absolute Gasteiger partial charge is 0.477 e. The smallest absolute Gasteiger partial charge is 0.345 e. The maximum absolute atomic E-state index is 13.8. The first kappa shape index (κ1) is 15.5. The zero-order valence-corrected chi connectivity index (χ0v) is 12.6. The summed E-state index contributed by atoms with van der Waals surface area (Å²) in [6.07, 6.45) is 0. The minimum absolute atomic E-state index is 0.0293. The van der Waals surface area contributed by atoms with E-state index in [0.717, 1.165) is 21.7 Å². The molecule has 0 bridgehead atoms. The average Bonchev–Trinajstić information content (AvgIpc) is 2.92. The summed E-state index contributed by atoms with van der Waals surface area (Å²) in [6.45, 7) is 1.61. The number of thiophene rings is 1. The Kier molecular flexibility index (Phi) is 4.29. The number of halogens is 1. The molecule has 1 aromatic carbocycles. The van der Waals surface area contributed by atoms with Crippen LogP contribution in [-0.2, 0) is 10.0 Å². The van der Waals surface area contributed by atoms with Crippen LogP contribution < -0.4 is 4.31 Å². The van der Waals surface area contributed by atoms with Gasteiger partial charge in [0.05, 0.1) is 10.6 Å². The summed E-state index contributed by atoms with van der Waals surface area (Å²) in [4.78, 5) is 10.6. The van der Waals surface area contributed by atoms with Crippen molar-refractivity contribution in [2.75, 3.05) is 10.8 Å². The van der Waals surface area contributed by atoms with E-state index in [2.05, 4.69) is 0 Å². The van der Waals surface area contributed by atoms with Gasteiger partial charge in [-0.05, 0) is 25.1 Å². The number of hydrogen-bond donors (Lipinski definition) is 1. The molecular weight excluding hydrogens is 317 g/mol. The first-order valence-electron chi connectivity index (χ1n) is 5.97. The number of hydrogen-bond acceptors (Lipinski definition) is 4. The SMILES string of the molecule is CCN(c1ccccc1F)S(=O)(=O)c1csc(C(=O)O)c1. The highest BCUT2D eigenvalue weighted by atomic mass is 32.2. The van der Waals surface area contributed by atoms with Crippen molar-refractivity contribution in [1.82, 2.24) is 0 Å². The zero-order valence-electron chi connectivity index (χ0n) is 11.0. The van der Waals surface area contributed by atoms with Crippen LogP contribution in [0.5, 0.6) is 0 Å². The van der Waals surface area contributed by atoms with E-state index in [0.29, 0.717) is 0 Å². The van der Waals surface area contributed by atoms with Gasteiger partial charge in [-0.2, -0.15) is 0 Å². The summed E-state index contributed by atoms with van der Waals surface area (Å²) in [6, 6.07) is 6.61. The molecule has 21 heavy (non-hydrogen) atoms. The Morgan fingerprint density at radius 2 is 2.05 bits per heavy atom. The van der Waals surface area contributed by atoms with Crippen molar-refractivity contribution < 1.29 is 22.7 Å². The lowest BCUT2D eigenvalue weighted by Gasteiger charge is -2.22. The van der Waals surface area contributed by atoms with Crippen molar-refractivity contribution in [3.05, 3.63) is 46.4 Å². The van der Waals surface area contributed by atoms with E-state index < -0.39 is 21.8 Å². The van der Waals surface area contributed by atoms with Gasteiger partial charge < -0.3 is 5.11 Å². The van der Waals surface area contributed by atoms with E-state index in [4.69, 9.17) is 5.11 Å². The van der Waals surface area contributed by atoms with Gasteiger partial charge in [-0.15, -0.1) is 11.3 Å². The van der Waals surface area contributed by atoms with Crippen LogP contribution in [0.4, 0.5) is 10.1 Å². The van der Waals surface area contributed by atoms with Crippen molar-refractivity contribution >= 4 is 33.0 Å². The third kappa shape index (κ3) is 2.91. The van der Waals surface area contributed by atoms with Crippen molar-refractivity contribution in [3.63, 3.8) is 0 Å². The summed E-state index contributed by atoms with van der Waals surface area (Å²) in [7, 11) is -4.00. The topological polar surface area (TPSA) is 74.7 Å². The van der Waals surface area contributed by atoms with Crippen LogP contribution in [0.15, 0.2) is 40.6 Å². The number of benzene rings is 1. The third-order valence-electron chi connectivity index (χ3n) is 2.78. The molecule has 0 aliphatic rings. The van der Waals surface area contributed by atoms with Crippen LogP contribution in [0.3, 0.4) is 0 Å². The fourth-order valence-electron chi connectivity index (χ4n) is 1.82. The molecular formula is C13H12FNO4S2. The molecule has 0 fully saturated rings. The normalized spacial score (nSPS) is 11.3. The monoisotopic (exact) mass is 329 g/mol. The van der Waals surface area contributed by atoms with Gasteiger partial charge in [0.1, 0.15) is 10.7 Å². The molecule has 112 valence electrons. The van der Waals surface area contributed by atoms with Gasteiger partial charge >= 0.3 is 5.97 Å². The van der Waals surface area contributed by atoms with Crippen molar-refractivity contribution in [2.45, 2.75) is 11.8 Å². The van der Waals surface area contributed by atoms with Gasteiger partial charge in [-0.3, -0.25) is 4.31 Å². The van der Waals surface area contributed by atoms with Gasteiger partial charge in [-0.1, -0.05) is 12.1 Å². The zero-order chi connectivity index (χ0) is 15.6. The Morgan fingerprint density at radius 3 is 2.57 bits per heavy atom. The summed E-state index contributed by atoms with van der Waals surface area (Å²) in [5.74, 6) is -1.85. The van der Waals surface area contributed by atoms with Crippen molar-refractivity contribution in [1.29, 1.82) is 0 Å². The van der Waals surface area contributed by atoms with Crippen LogP contribution in [-0.4, -0.2) is 26.0 Å². The number of anilines is 1. The molecule has 1 N–H and O–H groups in total. The lowest BCUT2D eigenvalue weighted by atomic mass is 10.3. The highest BCUT2D eigenvalue weighted by molar-refractivity contribution is 7.93. The number of rotatable bonds is 5. The van der Waals surface area contributed by atoms with Crippen molar-refractivity contribution in [3.8, 4) is 0 Å². The fraction of sp³-hybridized carbons (Fsp3) is 0.154. The molecule has 2 aromatic rings. The van der Waals surface area contributed by atoms with E-state index in [-0.39, 0.29) is 22.0 Å². The predicted octanol–water partition coefficient (Wildman–Crippen LogP) is 2.80. The number of carboxylic acids is 1. The van der Waals surface area contributed by atoms with Gasteiger partial charge in [0, 0.05) is 11.9 Å². The third-order valence-corrected chi connectivity index (χ3v) is 5.72. The van der Waals surface area contributed by atoms with Crippen LogP contribution in [0.2, 0.25) is 0 Å². The lowest BCUT2D eigenvalue weighted by molar-refractivity contribution is 0.0702. The average molecular weight is 329 g/mol. The molecule has 0 unspecified atom stereocenters. The van der Waals surface area contributed by atoms with Gasteiger partial charge in [0.2, 0.25) is 0 Å². The molecule has 0 radical (unpaired) electrons. The standard InChI is InChI=1S/C13H12FNO4S2/c1-2-15(11-6-4-3-5-10(11)14)21(18,19)9-7-12(13(16)17)20-8-9/h3-8H,2H2,1H3,(H,16,17). The van der Waals surface area contributed by atoms with Crippen LogP contribution in [0, 0.1) is 5.82 Å². The summed E-state index contributed by atoms with van der Waals surface area (Å²) >= 11 is 0.813. The molecule has 2 rings (SSSR count). The molecule has 0 saturated heterocycles. The fourth-order valence-corrected chi connectivity index (χ4v) is 4.40. The van der Waals surface area contributed by atoms with E-state index in [9.17, 15) is 17.6 Å². The number of sulfonamides is 1. The number of para-hydroxylation sites is 1. The minimum atomic E-state index is -4.00. The van der Waals surface area contributed by atoms with Crippen LogP contribution in [0.1, 0.15) is 16.6 Å². The summed E-state index contributed by atoms with van der Waals surface area (Å²) in [5, 5.41) is 10.1. The number of aromatic carboxylic acids is 1. The second-order valence-electron chi connectivity index (χ2n) is 4.07. The lowest BCUT2D eigenvalue weighted by Crippen LogP contribution is -2.31. The summed E-state index contributed by atoms with van der Waals surface area (Å²) < 4.78 is 39.8. The Bertz CT molecular complexity index is 770. The molecule has 0 spiro atoms. The first-order valence-corrected chi connectivity index (χ1v) is 8.29. The van der Waals surface area contributed by atoms with E-state index in [1.54, 1.807) is 6.92 Å². The molecule has 8 heteroatoms. The maximum Gasteiger partial charge on any atom is 0.345 e. The first-order chi connectivity index (χ1) is 9.87. The molecule has 5 nitrogen and oxygen atoms in total. The number of carbonyl (C=O) groups is 1. The number of carboxylic acid groups (broad SMARTS) is 1. The van der Waals surface area contributed by atoms with Gasteiger partial charge in [0.15, 0.2) is 0 Å². The Hall–Kier alpha value is -1.93. The maximum atomic E-state index is 13.8. The highest BCUT2D eigenvalue weighted by Crippen LogP contribution is 2.28. The molecule has 0 aliphatic carbocycles. The predicted molar refractivity (Wildman–Crippen MR) is 77.9 cm³/mol. The molecule has 0 atom stereocenters. The number of nitrogens with zero attached hydrogens (tertiary/aromatic N) is 1. The second-order valence-corrected chi connectivity index (χ2v) is 6.85. The van der Waals surface area contributed by atoms with Crippen molar-refractivity contribution in [2.24, 2.45) is 0 Å². The van der Waals surface area contributed by atoms with Gasteiger partial charge in [-0.25, -0.2) is 17.6 Å². The molecule has 0 aliphatic heterocycles. The highest BCUT2D eigenvalue weighted by Gasteiger charge is 2.27. The molecule has 0 amide bonds. The Labute approximate surface area is 125 Å². The van der Waals surface area contributed by atoms with Gasteiger partial charge in [0.25, 0.3) is 10.0 Å². The minimum Gasteiger partial charge on any atom is -0.477 e. The van der Waals surface area contributed by atoms with Crippen LogP contribution >= 0.6 is 11.3 Å². The molecule has 0 saturated carbocycles. The Morgan fingerprint density at radius 1 is 1.38 bits per heavy atom. The summed E-state index contributed by atoms with van der Waals surface area (Å²) in [5.41, 5.74) is -0.0666. The van der Waals surface area contributed by atoms with E-state index >= 15 is 0 Å². The van der Waals surface area contributed by atoms with Crippen LogP contribution in [0.25, 0.3) is 0 Å². The van der Waals surface area contributed by atoms with E-state index in [1.165, 1.54) is 29.6 Å². The molecule has 1 heterocycles. The second kappa shape index (κ2) is 5.82. The quantitative estimate of drug-likeness (QED) is 0.915. The van der Waals surface area contributed by atoms with E-state index in [1.807, 2.05) is 0 Å². The Balaban J connectivity index is 2.49. The molecule has 1 aromatic heterocycles.